The Balaban J connectivity index is 2.02. The van der Waals surface area contributed by atoms with Crippen LogP contribution in [-0.2, 0) is 19.1 Å². The first-order valence-corrected chi connectivity index (χ1v) is 7.51. The van der Waals surface area contributed by atoms with Crippen molar-refractivity contribution in [2.75, 3.05) is 0 Å². The van der Waals surface area contributed by atoms with Crippen molar-refractivity contribution in [2.45, 2.75) is 59.4 Å². The Morgan fingerprint density at radius 1 is 1.38 bits per heavy atom. The first-order valence-electron chi connectivity index (χ1n) is 7.51. The lowest BCUT2D eigenvalue weighted by Gasteiger charge is -2.46. The van der Waals surface area contributed by atoms with Gasteiger partial charge in [-0.1, -0.05) is 19.4 Å². The summed E-state index contributed by atoms with van der Waals surface area (Å²) in [6.45, 7) is 9.64. The van der Waals surface area contributed by atoms with Gasteiger partial charge in [0.15, 0.2) is 5.78 Å². The van der Waals surface area contributed by atoms with Crippen LogP contribution in [-0.4, -0.2) is 30.1 Å². The zero-order valence-electron chi connectivity index (χ0n) is 13.2. The third kappa shape index (κ3) is 2.08. The third-order valence-electron chi connectivity index (χ3n) is 5.35. The van der Waals surface area contributed by atoms with E-state index in [4.69, 9.17) is 9.47 Å². The summed E-state index contributed by atoms with van der Waals surface area (Å²) in [5.41, 5.74) is 2.84. The molecule has 0 spiro atoms. The molecule has 1 heterocycles. The quantitative estimate of drug-likeness (QED) is 0.423. The summed E-state index contributed by atoms with van der Waals surface area (Å²) in [5, 5.41) is 0. The minimum Gasteiger partial charge on any atom is -0.459 e. The summed E-state index contributed by atoms with van der Waals surface area (Å²) >= 11 is 0. The maximum Gasteiger partial charge on any atom is 0.303 e. The largest absolute Gasteiger partial charge is 0.459 e. The molecule has 114 valence electrons. The molecule has 0 radical (unpaired) electrons. The molecule has 21 heavy (non-hydrogen) atoms. The van der Waals surface area contributed by atoms with E-state index in [2.05, 4.69) is 13.8 Å². The lowest BCUT2D eigenvalue weighted by atomic mass is 9.58. The number of rotatable bonds is 1. The number of fused-ring (bicyclic) bond motifs is 3. The van der Waals surface area contributed by atoms with Crippen LogP contribution in [0.2, 0.25) is 0 Å². The second kappa shape index (κ2) is 4.54. The molecule has 0 unspecified atom stereocenters. The van der Waals surface area contributed by atoms with Gasteiger partial charge in [-0.05, 0) is 37.5 Å². The zero-order chi connectivity index (χ0) is 15.5. The first-order chi connectivity index (χ1) is 9.75. The summed E-state index contributed by atoms with van der Waals surface area (Å²) in [7, 11) is 0. The van der Waals surface area contributed by atoms with Crippen molar-refractivity contribution in [3.63, 3.8) is 0 Å². The predicted octanol–water partition coefficient (Wildman–Crippen LogP) is 2.58. The van der Waals surface area contributed by atoms with Gasteiger partial charge in [-0.15, -0.1) is 0 Å². The molecule has 3 rings (SSSR count). The first kappa shape index (κ1) is 14.5. The van der Waals surface area contributed by atoms with Gasteiger partial charge >= 0.3 is 5.97 Å². The smallest absolute Gasteiger partial charge is 0.303 e. The Bertz CT molecular complexity index is 582. The molecule has 4 heteroatoms. The number of ketones is 1. The minimum absolute atomic E-state index is 0.0572. The highest BCUT2D eigenvalue weighted by Crippen LogP contribution is 2.58. The number of carbonyl (C=O) groups is 2. The monoisotopic (exact) mass is 290 g/mol. The van der Waals surface area contributed by atoms with E-state index >= 15 is 0 Å². The van der Waals surface area contributed by atoms with Crippen LogP contribution in [0.1, 0.15) is 41.0 Å². The predicted molar refractivity (Wildman–Crippen MR) is 77.6 cm³/mol. The van der Waals surface area contributed by atoms with Crippen LogP contribution in [0.15, 0.2) is 22.8 Å². The summed E-state index contributed by atoms with van der Waals surface area (Å²) in [4.78, 5) is 23.6. The number of carbonyl (C=O) groups excluding carboxylic acids is 2. The highest BCUT2D eigenvalue weighted by atomic mass is 16.6. The number of ether oxygens (including phenoxy) is 2. The second-order valence-corrected chi connectivity index (χ2v) is 6.92. The van der Waals surface area contributed by atoms with Crippen molar-refractivity contribution in [3.8, 4) is 0 Å². The van der Waals surface area contributed by atoms with Gasteiger partial charge in [0.1, 0.15) is 18.3 Å². The fourth-order valence-electron chi connectivity index (χ4n) is 3.84. The molecule has 5 atom stereocenters. The van der Waals surface area contributed by atoms with Crippen LogP contribution in [0.5, 0.6) is 0 Å². The van der Waals surface area contributed by atoms with Gasteiger partial charge in [0.05, 0.1) is 0 Å². The number of esters is 1. The van der Waals surface area contributed by atoms with E-state index in [0.29, 0.717) is 6.42 Å². The molecular formula is C17H22O4. The highest BCUT2D eigenvalue weighted by molar-refractivity contribution is 6.06. The molecule has 0 aromatic carbocycles. The molecule has 0 amide bonds. The average molecular weight is 290 g/mol. The summed E-state index contributed by atoms with van der Waals surface area (Å²) in [6, 6.07) is 0. The summed E-state index contributed by atoms with van der Waals surface area (Å²) in [5.74, 6) is -0.0415. The molecule has 1 saturated carbocycles. The van der Waals surface area contributed by atoms with Crippen molar-refractivity contribution >= 4 is 11.8 Å². The van der Waals surface area contributed by atoms with Crippen LogP contribution in [0.3, 0.4) is 0 Å². The molecule has 1 aliphatic heterocycles. The molecule has 0 bridgehead atoms. The van der Waals surface area contributed by atoms with Crippen molar-refractivity contribution in [1.29, 1.82) is 0 Å². The van der Waals surface area contributed by atoms with E-state index in [1.165, 1.54) is 6.92 Å². The zero-order valence-corrected chi connectivity index (χ0v) is 13.2. The molecule has 0 aromatic rings. The number of epoxide rings is 1. The van der Waals surface area contributed by atoms with Gasteiger partial charge in [0, 0.05) is 18.3 Å². The fraction of sp³-hybridized carbons (Fsp3) is 0.647. The Morgan fingerprint density at radius 3 is 2.62 bits per heavy atom. The third-order valence-corrected chi connectivity index (χ3v) is 5.35. The Kier molecular flexibility index (Phi) is 3.14. The SMILES string of the molecule is CC(=O)O[C@@H]1[C@@H]2O[C@@H]2C2=CC(=O)C(=C(C)C)C[C@]2(C)[C@H]1C. The van der Waals surface area contributed by atoms with Crippen LogP contribution in [0, 0.1) is 11.3 Å². The molecular weight excluding hydrogens is 268 g/mol. The van der Waals surface area contributed by atoms with Crippen LogP contribution >= 0.6 is 0 Å². The van der Waals surface area contributed by atoms with E-state index in [-0.39, 0.29) is 41.4 Å². The van der Waals surface area contributed by atoms with Crippen molar-refractivity contribution in [2.24, 2.45) is 11.3 Å². The lowest BCUT2D eigenvalue weighted by Crippen LogP contribution is -2.48. The van der Waals surface area contributed by atoms with Crippen molar-refractivity contribution < 1.29 is 19.1 Å². The Labute approximate surface area is 125 Å². The molecule has 1 saturated heterocycles. The normalized spacial score (nSPS) is 40.9. The van der Waals surface area contributed by atoms with E-state index < -0.39 is 0 Å². The fourth-order valence-corrected chi connectivity index (χ4v) is 3.84. The van der Waals surface area contributed by atoms with Crippen LogP contribution in [0.4, 0.5) is 0 Å². The van der Waals surface area contributed by atoms with E-state index in [1.54, 1.807) is 6.08 Å². The summed E-state index contributed by atoms with van der Waals surface area (Å²) in [6.07, 6.45) is 2.10. The molecule has 4 nitrogen and oxygen atoms in total. The Hall–Kier alpha value is -1.42. The summed E-state index contributed by atoms with van der Waals surface area (Å²) < 4.78 is 11.2. The minimum atomic E-state index is -0.272. The van der Waals surface area contributed by atoms with Crippen molar-refractivity contribution in [3.05, 3.63) is 22.8 Å². The number of allylic oxidation sites excluding steroid dienone is 3. The standard InChI is InChI=1S/C17H22O4/c1-8(2)11-7-17(5)9(3)14(20-10(4)18)16-15(21-16)12(17)6-13(11)19/h6,9,14-16H,7H2,1-5H3/t9-,14-,15+,16-,17+/m0/s1. The molecule has 2 aliphatic carbocycles. The second-order valence-electron chi connectivity index (χ2n) is 6.92. The lowest BCUT2D eigenvalue weighted by molar-refractivity contribution is -0.153. The Morgan fingerprint density at radius 2 is 2.05 bits per heavy atom. The van der Waals surface area contributed by atoms with E-state index in [1.807, 2.05) is 13.8 Å². The van der Waals surface area contributed by atoms with Crippen LogP contribution < -0.4 is 0 Å². The van der Waals surface area contributed by atoms with Gasteiger partial charge in [-0.2, -0.15) is 0 Å². The van der Waals surface area contributed by atoms with Gasteiger partial charge in [-0.3, -0.25) is 9.59 Å². The van der Waals surface area contributed by atoms with E-state index in [0.717, 1.165) is 16.7 Å². The maximum absolute atomic E-state index is 12.3. The number of hydrogen-bond acceptors (Lipinski definition) is 4. The molecule has 0 aromatic heterocycles. The average Bonchev–Trinajstić information content (AvgIpc) is 3.16. The molecule has 0 N–H and O–H groups in total. The number of hydrogen-bond donors (Lipinski definition) is 0. The highest BCUT2D eigenvalue weighted by Gasteiger charge is 2.63. The van der Waals surface area contributed by atoms with Gasteiger partial charge in [-0.25, -0.2) is 0 Å². The van der Waals surface area contributed by atoms with Gasteiger partial charge in [0.25, 0.3) is 0 Å². The van der Waals surface area contributed by atoms with Gasteiger partial charge < -0.3 is 9.47 Å². The van der Waals surface area contributed by atoms with Crippen molar-refractivity contribution in [1.82, 2.24) is 0 Å². The van der Waals surface area contributed by atoms with Crippen LogP contribution in [0.25, 0.3) is 0 Å². The molecule has 2 fully saturated rings. The molecule has 3 aliphatic rings. The van der Waals surface area contributed by atoms with E-state index in [9.17, 15) is 9.59 Å². The maximum atomic E-state index is 12.3. The van der Waals surface area contributed by atoms with Gasteiger partial charge in [0.2, 0.25) is 0 Å². The topological polar surface area (TPSA) is 55.9 Å².